The molecule has 0 aliphatic heterocycles. The molecule has 27 heavy (non-hydrogen) atoms. The monoisotopic (exact) mass is 395 g/mol. The topological polar surface area (TPSA) is 96.9 Å². The van der Waals surface area contributed by atoms with Crippen molar-refractivity contribution in [1.29, 1.82) is 0 Å². The quantitative estimate of drug-likeness (QED) is 0.590. The Kier molecular flexibility index (Phi) is 6.86. The number of carbonyl (C=O) groups is 1. The van der Waals surface area contributed by atoms with E-state index >= 15 is 0 Å². The second-order valence-electron chi connectivity index (χ2n) is 7.94. The summed E-state index contributed by atoms with van der Waals surface area (Å²) in [6, 6.07) is 6.68. The minimum absolute atomic E-state index is 0.0775. The van der Waals surface area contributed by atoms with Crippen LogP contribution in [-0.4, -0.2) is 32.4 Å². The first kappa shape index (κ1) is 21.2. The van der Waals surface area contributed by atoms with E-state index in [9.17, 15) is 13.2 Å². The Labute approximate surface area is 161 Å². The van der Waals surface area contributed by atoms with Gasteiger partial charge in [0, 0.05) is 12.3 Å². The number of alkyl carbamates (subject to hydrolysis) is 1. The fourth-order valence-electron chi connectivity index (χ4n) is 2.86. The van der Waals surface area contributed by atoms with E-state index in [1.165, 1.54) is 0 Å². The van der Waals surface area contributed by atoms with Crippen LogP contribution < -0.4 is 10.1 Å². The number of nitrogens with zero attached hydrogens (tertiary/aromatic N) is 1. The van der Waals surface area contributed by atoms with Gasteiger partial charge >= 0.3 is 6.09 Å². The molecule has 1 aromatic rings. The molecule has 0 atom stereocenters. The largest absolute Gasteiger partial charge is 0.444 e. The molecular weight excluding hydrogens is 366 g/mol. The Morgan fingerprint density at radius 1 is 1.15 bits per heavy atom. The summed E-state index contributed by atoms with van der Waals surface area (Å²) in [7, 11) is -3.64. The van der Waals surface area contributed by atoms with Crippen molar-refractivity contribution < 1.29 is 17.9 Å². The van der Waals surface area contributed by atoms with Gasteiger partial charge in [-0.25, -0.2) is 9.63 Å². The van der Waals surface area contributed by atoms with Crippen molar-refractivity contribution in [3.63, 3.8) is 0 Å². The second-order valence-corrected chi connectivity index (χ2v) is 9.60. The van der Waals surface area contributed by atoms with Crippen molar-refractivity contribution >= 4 is 22.3 Å². The number of amides is 1. The molecule has 1 aromatic carbocycles. The Hall–Kier alpha value is -2.09. The Morgan fingerprint density at radius 2 is 1.74 bits per heavy atom. The smallest absolute Gasteiger partial charge is 0.407 e. The first-order valence-corrected chi connectivity index (χ1v) is 10.6. The van der Waals surface area contributed by atoms with Crippen LogP contribution in [0.2, 0.25) is 0 Å². The van der Waals surface area contributed by atoms with Gasteiger partial charge < -0.3 is 10.1 Å². The molecule has 0 radical (unpaired) electrons. The molecule has 0 unspecified atom stereocenters. The lowest BCUT2D eigenvalue weighted by Gasteiger charge is -2.28. The zero-order valence-electron chi connectivity index (χ0n) is 16.4. The summed E-state index contributed by atoms with van der Waals surface area (Å²) in [4.78, 5) is 14.3. The Balaban J connectivity index is 1.78. The van der Waals surface area contributed by atoms with Crippen molar-refractivity contribution in [2.45, 2.75) is 69.9 Å². The van der Waals surface area contributed by atoms with Crippen molar-refractivity contribution in [2.24, 2.45) is 11.0 Å². The van der Waals surface area contributed by atoms with Crippen LogP contribution in [0, 0.1) is 12.8 Å². The zero-order valence-corrected chi connectivity index (χ0v) is 17.2. The molecule has 0 heterocycles. The summed E-state index contributed by atoms with van der Waals surface area (Å²) in [6.45, 7) is 7.39. The number of rotatable bonds is 5. The number of benzene rings is 1. The Bertz CT molecular complexity index is 759. The van der Waals surface area contributed by atoms with E-state index in [1.807, 2.05) is 27.7 Å². The summed E-state index contributed by atoms with van der Waals surface area (Å²) in [5.41, 5.74) is 0.483. The first-order chi connectivity index (χ1) is 12.5. The van der Waals surface area contributed by atoms with Crippen molar-refractivity contribution in [1.82, 2.24) is 10.1 Å². The van der Waals surface area contributed by atoms with Crippen LogP contribution in [0.1, 0.15) is 52.0 Å². The van der Waals surface area contributed by atoms with Gasteiger partial charge in [-0.05, 0) is 71.4 Å². The third kappa shape index (κ3) is 7.21. The predicted molar refractivity (Wildman–Crippen MR) is 105 cm³/mol. The lowest BCUT2D eigenvalue weighted by Crippen LogP contribution is -2.41. The highest BCUT2D eigenvalue weighted by Crippen LogP contribution is 2.23. The van der Waals surface area contributed by atoms with E-state index in [0.29, 0.717) is 0 Å². The molecule has 1 amide bonds. The zero-order chi connectivity index (χ0) is 20.1. The molecule has 0 bridgehead atoms. The molecular formula is C19H29N3O4S. The van der Waals surface area contributed by atoms with E-state index in [-0.39, 0.29) is 16.9 Å². The number of carbonyl (C=O) groups excluding carboxylic acids is 1. The molecule has 7 nitrogen and oxygen atoms in total. The highest BCUT2D eigenvalue weighted by molar-refractivity contribution is 7.89. The van der Waals surface area contributed by atoms with Crippen LogP contribution in [-0.2, 0) is 14.8 Å². The SMILES string of the molecule is Cc1ccc(S(=O)(=O)N/N=C/C2CCC(NC(=O)OC(C)(C)C)CC2)cc1. The maximum atomic E-state index is 12.2. The van der Waals surface area contributed by atoms with Crippen molar-refractivity contribution in [3.8, 4) is 0 Å². The molecule has 1 aliphatic carbocycles. The third-order valence-corrected chi connectivity index (χ3v) is 5.52. The van der Waals surface area contributed by atoms with Gasteiger partial charge in [0.15, 0.2) is 0 Å². The van der Waals surface area contributed by atoms with Crippen LogP contribution >= 0.6 is 0 Å². The average Bonchev–Trinajstić information content (AvgIpc) is 2.55. The van der Waals surface area contributed by atoms with Crippen LogP contribution in [0.3, 0.4) is 0 Å². The summed E-state index contributed by atoms with van der Waals surface area (Å²) in [5.74, 6) is 0.183. The predicted octanol–water partition coefficient (Wildman–Crippen LogP) is 3.34. The maximum Gasteiger partial charge on any atom is 0.407 e. The van der Waals surface area contributed by atoms with Gasteiger partial charge in [0.2, 0.25) is 0 Å². The summed E-state index contributed by atoms with van der Waals surface area (Å²) in [6.07, 6.45) is 4.52. The maximum absolute atomic E-state index is 12.2. The van der Waals surface area contributed by atoms with E-state index in [0.717, 1.165) is 31.2 Å². The van der Waals surface area contributed by atoms with Gasteiger partial charge in [-0.15, -0.1) is 0 Å². The fraction of sp³-hybridized carbons (Fsp3) is 0.579. The second kappa shape index (κ2) is 8.73. The molecule has 8 heteroatoms. The van der Waals surface area contributed by atoms with Crippen molar-refractivity contribution in [3.05, 3.63) is 29.8 Å². The number of hydrazone groups is 1. The lowest BCUT2D eigenvalue weighted by atomic mass is 9.87. The van der Waals surface area contributed by atoms with E-state index in [4.69, 9.17) is 4.74 Å². The fourth-order valence-corrected chi connectivity index (χ4v) is 3.66. The van der Waals surface area contributed by atoms with E-state index in [2.05, 4.69) is 15.2 Å². The minimum atomic E-state index is -3.64. The highest BCUT2D eigenvalue weighted by atomic mass is 32.2. The third-order valence-electron chi connectivity index (χ3n) is 4.28. The van der Waals surface area contributed by atoms with Gasteiger partial charge in [-0.1, -0.05) is 17.7 Å². The van der Waals surface area contributed by atoms with Gasteiger partial charge in [-0.3, -0.25) is 0 Å². The molecule has 0 aromatic heterocycles. The molecule has 2 rings (SSSR count). The lowest BCUT2D eigenvalue weighted by molar-refractivity contribution is 0.0491. The number of hydrogen-bond donors (Lipinski definition) is 2. The summed E-state index contributed by atoms with van der Waals surface area (Å²) in [5, 5.41) is 6.81. The molecule has 1 saturated carbocycles. The normalized spacial score (nSPS) is 21.0. The van der Waals surface area contributed by atoms with E-state index < -0.39 is 21.7 Å². The first-order valence-electron chi connectivity index (χ1n) is 9.16. The number of aryl methyl sites for hydroxylation is 1. The molecule has 150 valence electrons. The van der Waals surface area contributed by atoms with Gasteiger partial charge in [0.05, 0.1) is 4.90 Å². The van der Waals surface area contributed by atoms with E-state index in [1.54, 1.807) is 30.5 Å². The van der Waals surface area contributed by atoms with Crippen LogP contribution in [0.25, 0.3) is 0 Å². The number of ether oxygens (including phenoxy) is 1. The van der Waals surface area contributed by atoms with Crippen LogP contribution in [0.5, 0.6) is 0 Å². The number of hydrogen-bond acceptors (Lipinski definition) is 5. The molecule has 2 N–H and O–H groups in total. The van der Waals surface area contributed by atoms with Gasteiger partial charge in [-0.2, -0.15) is 13.5 Å². The summed E-state index contributed by atoms with van der Waals surface area (Å²) >= 11 is 0. The average molecular weight is 396 g/mol. The van der Waals surface area contributed by atoms with Crippen LogP contribution in [0.4, 0.5) is 4.79 Å². The molecule has 1 fully saturated rings. The number of sulfonamides is 1. The highest BCUT2D eigenvalue weighted by Gasteiger charge is 2.24. The number of nitrogens with one attached hydrogen (secondary N) is 2. The standard InChI is InChI=1S/C19H29N3O4S/c1-14-5-11-17(12-6-14)27(24,25)22-20-13-15-7-9-16(10-8-15)21-18(23)26-19(2,3)4/h5-6,11-13,15-16,22H,7-10H2,1-4H3,(H,21,23)/b20-13+. The molecule has 0 spiro atoms. The molecule has 0 saturated heterocycles. The Morgan fingerprint density at radius 3 is 2.30 bits per heavy atom. The van der Waals surface area contributed by atoms with Gasteiger partial charge in [0.1, 0.15) is 5.60 Å². The van der Waals surface area contributed by atoms with Crippen LogP contribution in [0.15, 0.2) is 34.3 Å². The van der Waals surface area contributed by atoms with Crippen molar-refractivity contribution in [2.75, 3.05) is 0 Å². The summed E-state index contributed by atoms with van der Waals surface area (Å²) < 4.78 is 29.6. The van der Waals surface area contributed by atoms with Gasteiger partial charge in [0.25, 0.3) is 10.0 Å². The minimum Gasteiger partial charge on any atom is -0.444 e. The molecule has 1 aliphatic rings.